The molecule has 2 atom stereocenters. The molecule has 1 aromatic heterocycles. The first-order valence-corrected chi connectivity index (χ1v) is 10.5. The smallest absolute Gasteiger partial charge is 0.249 e. The van der Waals surface area contributed by atoms with Gasteiger partial charge in [0.15, 0.2) is 0 Å². The molecule has 0 unspecified atom stereocenters. The summed E-state index contributed by atoms with van der Waals surface area (Å²) in [5.74, 6) is 2.33. The fourth-order valence-electron chi connectivity index (χ4n) is 4.27. The summed E-state index contributed by atoms with van der Waals surface area (Å²) in [6.45, 7) is 9.57. The second-order valence-electron chi connectivity index (χ2n) is 9.36. The summed E-state index contributed by atoms with van der Waals surface area (Å²) >= 11 is 0. The number of ether oxygens (including phenoxy) is 1. The summed E-state index contributed by atoms with van der Waals surface area (Å²) < 4.78 is 10.9. The molecule has 158 valence electrons. The molecule has 6 nitrogen and oxygen atoms in total. The molecule has 1 fully saturated rings. The highest BCUT2D eigenvalue weighted by Gasteiger charge is 2.33. The lowest BCUT2D eigenvalue weighted by Gasteiger charge is -2.34. The van der Waals surface area contributed by atoms with E-state index >= 15 is 0 Å². The molecule has 6 heteroatoms. The summed E-state index contributed by atoms with van der Waals surface area (Å²) in [6, 6.07) is 7.45. The Labute approximate surface area is 173 Å². The number of hydrogen-bond donors (Lipinski definition) is 0. The average Bonchev–Trinajstić information content (AvgIpc) is 3.16. The van der Waals surface area contributed by atoms with Gasteiger partial charge in [0.2, 0.25) is 17.6 Å². The van der Waals surface area contributed by atoms with Gasteiger partial charge in [0.05, 0.1) is 7.11 Å². The van der Waals surface area contributed by atoms with Gasteiger partial charge in [0, 0.05) is 18.5 Å². The van der Waals surface area contributed by atoms with Crippen LogP contribution in [-0.4, -0.2) is 34.6 Å². The molecule has 0 N–H and O–H groups in total. The van der Waals surface area contributed by atoms with Crippen LogP contribution in [0.2, 0.25) is 0 Å². The molecule has 29 heavy (non-hydrogen) atoms. The molecule has 0 spiro atoms. The zero-order valence-corrected chi connectivity index (χ0v) is 18.3. The molecular weight excluding hydrogens is 366 g/mol. The zero-order chi connectivity index (χ0) is 21.0. The Balaban J connectivity index is 1.74. The van der Waals surface area contributed by atoms with Crippen molar-refractivity contribution in [3.8, 4) is 17.1 Å². The summed E-state index contributed by atoms with van der Waals surface area (Å²) in [4.78, 5) is 19.6. The fourth-order valence-corrected chi connectivity index (χ4v) is 4.27. The van der Waals surface area contributed by atoms with Crippen molar-refractivity contribution < 1.29 is 14.1 Å². The van der Waals surface area contributed by atoms with Gasteiger partial charge in [-0.15, -0.1) is 0 Å². The number of rotatable bonds is 6. The van der Waals surface area contributed by atoms with Crippen molar-refractivity contribution in [3.05, 3.63) is 30.2 Å². The van der Waals surface area contributed by atoms with E-state index in [9.17, 15) is 4.79 Å². The number of carbonyl (C=O) groups excluding carboxylic acids is 1. The summed E-state index contributed by atoms with van der Waals surface area (Å²) in [7, 11) is 1.63. The maximum Gasteiger partial charge on any atom is 0.249 e. The molecule has 2 heterocycles. The third kappa shape index (κ3) is 5.58. The first-order chi connectivity index (χ1) is 13.8. The first-order valence-electron chi connectivity index (χ1n) is 10.5. The van der Waals surface area contributed by atoms with E-state index < -0.39 is 0 Å². The monoisotopic (exact) mass is 399 g/mol. The molecule has 1 aliphatic rings. The average molecular weight is 400 g/mol. The lowest BCUT2D eigenvalue weighted by atomic mass is 9.84. The van der Waals surface area contributed by atoms with Crippen LogP contribution in [0.5, 0.6) is 5.75 Å². The molecule has 0 radical (unpaired) electrons. The number of amides is 1. The van der Waals surface area contributed by atoms with E-state index in [1.54, 1.807) is 7.11 Å². The highest BCUT2D eigenvalue weighted by Crippen LogP contribution is 2.33. The Morgan fingerprint density at radius 3 is 2.86 bits per heavy atom. The summed E-state index contributed by atoms with van der Waals surface area (Å²) in [5.41, 5.74) is 1.06. The van der Waals surface area contributed by atoms with Gasteiger partial charge in [0.1, 0.15) is 11.8 Å². The molecule has 0 saturated carbocycles. The number of aromatic nitrogens is 2. The van der Waals surface area contributed by atoms with Crippen molar-refractivity contribution in [1.29, 1.82) is 0 Å². The van der Waals surface area contributed by atoms with Gasteiger partial charge in [-0.2, -0.15) is 4.98 Å². The highest BCUT2D eigenvalue weighted by molar-refractivity contribution is 5.77. The minimum Gasteiger partial charge on any atom is -0.497 e. The molecule has 0 bridgehead atoms. The van der Waals surface area contributed by atoms with Gasteiger partial charge in [-0.25, -0.2) is 0 Å². The van der Waals surface area contributed by atoms with Crippen LogP contribution in [-0.2, 0) is 4.79 Å². The van der Waals surface area contributed by atoms with Crippen LogP contribution in [0.1, 0.15) is 71.7 Å². The number of methoxy groups -OCH3 is 1. The van der Waals surface area contributed by atoms with Crippen molar-refractivity contribution in [2.45, 2.75) is 65.8 Å². The number of hydrogen-bond acceptors (Lipinski definition) is 5. The van der Waals surface area contributed by atoms with Crippen molar-refractivity contribution in [2.75, 3.05) is 13.7 Å². The van der Waals surface area contributed by atoms with E-state index in [1.807, 2.05) is 29.2 Å². The molecule has 1 aliphatic heterocycles. The van der Waals surface area contributed by atoms with E-state index in [0.29, 0.717) is 24.1 Å². The number of benzene rings is 1. The van der Waals surface area contributed by atoms with Gasteiger partial charge in [-0.05, 0) is 49.1 Å². The highest BCUT2D eigenvalue weighted by atomic mass is 16.5. The summed E-state index contributed by atoms with van der Waals surface area (Å²) in [6.07, 6.45) is 4.53. The van der Waals surface area contributed by atoms with Crippen LogP contribution in [0, 0.1) is 11.3 Å². The van der Waals surface area contributed by atoms with Gasteiger partial charge >= 0.3 is 0 Å². The third-order valence-electron chi connectivity index (χ3n) is 5.36. The van der Waals surface area contributed by atoms with Crippen molar-refractivity contribution in [3.63, 3.8) is 0 Å². The quantitative estimate of drug-likeness (QED) is 0.662. The van der Waals surface area contributed by atoms with Gasteiger partial charge in [-0.1, -0.05) is 45.0 Å². The second kappa shape index (κ2) is 8.97. The van der Waals surface area contributed by atoms with Crippen LogP contribution in [0.3, 0.4) is 0 Å². The maximum atomic E-state index is 13.1. The minimum absolute atomic E-state index is 0.134. The van der Waals surface area contributed by atoms with Crippen LogP contribution < -0.4 is 4.74 Å². The van der Waals surface area contributed by atoms with Crippen molar-refractivity contribution in [1.82, 2.24) is 15.0 Å². The second-order valence-corrected chi connectivity index (χ2v) is 9.36. The number of piperidine rings is 1. The topological polar surface area (TPSA) is 68.5 Å². The van der Waals surface area contributed by atoms with Gasteiger partial charge < -0.3 is 14.2 Å². The van der Waals surface area contributed by atoms with Gasteiger partial charge in [-0.3, -0.25) is 4.79 Å². The molecule has 1 amide bonds. The molecule has 1 aromatic carbocycles. The number of likely N-dealkylation sites (tertiary alicyclic amines) is 1. The molecule has 1 saturated heterocycles. The largest absolute Gasteiger partial charge is 0.497 e. The minimum atomic E-state index is -0.134. The molecule has 0 aliphatic carbocycles. The summed E-state index contributed by atoms with van der Waals surface area (Å²) in [5, 5.41) is 4.16. The Bertz CT molecular complexity index is 825. The Kier molecular flexibility index (Phi) is 6.60. The Hall–Kier alpha value is -2.37. The fraction of sp³-hybridized carbons (Fsp3) is 0.609. The van der Waals surface area contributed by atoms with Crippen molar-refractivity contribution in [2.24, 2.45) is 11.3 Å². The normalized spacial score (nSPS) is 18.5. The predicted octanol–water partition coefficient (Wildman–Crippen LogP) is 5.26. The molecular formula is C23H33N3O3. The predicted molar refractivity (Wildman–Crippen MR) is 112 cm³/mol. The number of nitrogens with zero attached hydrogens (tertiary/aromatic N) is 3. The van der Waals surface area contributed by atoms with Gasteiger partial charge in [0.25, 0.3) is 0 Å². The van der Waals surface area contributed by atoms with Crippen LogP contribution in [0.25, 0.3) is 11.4 Å². The number of carbonyl (C=O) groups is 1. The molecule has 3 rings (SSSR count). The van der Waals surface area contributed by atoms with E-state index in [2.05, 4.69) is 37.8 Å². The Morgan fingerprint density at radius 2 is 2.14 bits per heavy atom. The van der Waals surface area contributed by atoms with E-state index in [0.717, 1.165) is 43.5 Å². The standard InChI is InChI=1S/C23H33N3O3/c1-16(15-23(2,3)4)13-20(27)26-12-7-6-11-19(26)22-24-21(25-29-22)17-9-8-10-18(14-17)28-5/h8-10,14,16,19H,6-7,11-13,15H2,1-5H3/t16-,19-/m0/s1. The van der Waals surface area contributed by atoms with E-state index in [4.69, 9.17) is 9.26 Å². The van der Waals surface area contributed by atoms with Crippen LogP contribution >= 0.6 is 0 Å². The van der Waals surface area contributed by atoms with Crippen molar-refractivity contribution >= 4 is 5.91 Å². The third-order valence-corrected chi connectivity index (χ3v) is 5.36. The SMILES string of the molecule is COc1cccc(-c2noc([C@@H]3CCCCN3C(=O)C[C@H](C)CC(C)(C)C)n2)c1. The van der Waals surface area contributed by atoms with Crippen LogP contribution in [0.4, 0.5) is 0 Å². The zero-order valence-electron chi connectivity index (χ0n) is 18.3. The van der Waals surface area contributed by atoms with Crippen LogP contribution in [0.15, 0.2) is 28.8 Å². The lowest BCUT2D eigenvalue weighted by Crippen LogP contribution is -2.39. The van der Waals surface area contributed by atoms with E-state index in [1.165, 1.54) is 0 Å². The molecule has 2 aromatic rings. The van der Waals surface area contributed by atoms with E-state index in [-0.39, 0.29) is 17.4 Å². The first kappa shape index (κ1) is 21.3. The lowest BCUT2D eigenvalue weighted by molar-refractivity contribution is -0.136. The maximum absolute atomic E-state index is 13.1. The Morgan fingerprint density at radius 1 is 1.34 bits per heavy atom.